The van der Waals surface area contributed by atoms with Crippen LogP contribution in [-0.2, 0) is 6.18 Å². The van der Waals surface area contributed by atoms with E-state index in [1.165, 1.54) is 6.07 Å². The largest absolute Gasteiger partial charge is 0.451 e. The summed E-state index contributed by atoms with van der Waals surface area (Å²) in [6.45, 7) is 0. The van der Waals surface area contributed by atoms with Crippen LogP contribution in [0.1, 0.15) is 5.82 Å². The van der Waals surface area contributed by atoms with Crippen LogP contribution >= 0.6 is 11.3 Å². The Morgan fingerprint density at radius 3 is 2.67 bits per heavy atom. The Kier molecular flexibility index (Phi) is 3.17. The van der Waals surface area contributed by atoms with Gasteiger partial charge >= 0.3 is 6.18 Å². The van der Waals surface area contributed by atoms with E-state index in [0.717, 1.165) is 10.1 Å². The molecular formula is C13H9F3N4S. The van der Waals surface area contributed by atoms with E-state index in [1.807, 2.05) is 23.6 Å². The van der Waals surface area contributed by atoms with Crippen LogP contribution < -0.4 is 11.1 Å². The average Bonchev–Trinajstić information content (AvgIpc) is 2.84. The number of nitrogen functional groups attached to an aromatic ring is 1. The number of rotatable bonds is 2. The lowest BCUT2D eigenvalue weighted by Gasteiger charge is -2.10. The first-order valence-corrected chi connectivity index (χ1v) is 6.76. The number of nitrogens with zero attached hydrogens (tertiary/aromatic N) is 2. The Morgan fingerprint density at radius 2 is 1.90 bits per heavy atom. The first-order chi connectivity index (χ1) is 9.91. The zero-order valence-electron chi connectivity index (χ0n) is 10.5. The van der Waals surface area contributed by atoms with Crippen LogP contribution in [-0.4, -0.2) is 9.97 Å². The number of thiophene rings is 1. The van der Waals surface area contributed by atoms with Gasteiger partial charge in [0.15, 0.2) is 0 Å². The molecule has 0 atom stereocenters. The first-order valence-electron chi connectivity index (χ1n) is 5.88. The third kappa shape index (κ3) is 2.89. The number of aromatic nitrogens is 2. The van der Waals surface area contributed by atoms with Gasteiger partial charge in [0.2, 0.25) is 5.82 Å². The van der Waals surface area contributed by atoms with Gasteiger partial charge in [-0.25, -0.2) is 9.97 Å². The molecule has 0 unspecified atom stereocenters. The van der Waals surface area contributed by atoms with E-state index in [-0.39, 0.29) is 11.6 Å². The molecule has 108 valence electrons. The van der Waals surface area contributed by atoms with Crippen LogP contribution in [0, 0.1) is 0 Å². The predicted octanol–water partition coefficient (Wildman–Crippen LogP) is 4.04. The van der Waals surface area contributed by atoms with Gasteiger partial charge in [-0.15, -0.1) is 11.3 Å². The monoisotopic (exact) mass is 310 g/mol. The van der Waals surface area contributed by atoms with Crippen LogP contribution in [0.3, 0.4) is 0 Å². The van der Waals surface area contributed by atoms with Crippen LogP contribution in [0.15, 0.2) is 35.7 Å². The average molecular weight is 310 g/mol. The van der Waals surface area contributed by atoms with E-state index < -0.39 is 12.0 Å². The zero-order valence-corrected chi connectivity index (χ0v) is 11.3. The Hall–Kier alpha value is -2.35. The van der Waals surface area contributed by atoms with E-state index >= 15 is 0 Å². The molecule has 0 amide bonds. The summed E-state index contributed by atoms with van der Waals surface area (Å²) in [5.74, 6) is -1.50. The van der Waals surface area contributed by atoms with E-state index in [2.05, 4.69) is 15.3 Å². The molecule has 0 bridgehead atoms. The highest BCUT2D eigenvalue weighted by molar-refractivity contribution is 7.17. The van der Waals surface area contributed by atoms with Crippen molar-refractivity contribution in [2.45, 2.75) is 6.18 Å². The summed E-state index contributed by atoms with van der Waals surface area (Å²) >= 11 is 1.59. The number of hydrogen-bond acceptors (Lipinski definition) is 5. The van der Waals surface area contributed by atoms with E-state index in [0.29, 0.717) is 5.69 Å². The molecule has 1 aromatic carbocycles. The van der Waals surface area contributed by atoms with Gasteiger partial charge in [0.1, 0.15) is 11.6 Å². The maximum Gasteiger partial charge on any atom is 0.451 e. The van der Waals surface area contributed by atoms with Gasteiger partial charge in [-0.1, -0.05) is 0 Å². The normalized spacial score (nSPS) is 11.8. The minimum absolute atomic E-state index is 0.00408. The van der Waals surface area contributed by atoms with Crippen molar-refractivity contribution in [2.75, 3.05) is 11.1 Å². The molecule has 0 aliphatic carbocycles. The molecule has 2 aromatic heterocycles. The summed E-state index contributed by atoms with van der Waals surface area (Å²) in [4.78, 5) is 6.63. The fourth-order valence-corrected chi connectivity index (χ4v) is 2.62. The third-order valence-corrected chi connectivity index (χ3v) is 3.62. The number of nitrogens with two attached hydrogens (primary N) is 1. The number of benzene rings is 1. The van der Waals surface area contributed by atoms with Crippen LogP contribution in [0.2, 0.25) is 0 Å². The van der Waals surface area contributed by atoms with Crippen molar-refractivity contribution >= 4 is 38.7 Å². The topological polar surface area (TPSA) is 63.8 Å². The van der Waals surface area contributed by atoms with Crippen LogP contribution in [0.5, 0.6) is 0 Å². The number of anilines is 3. The minimum atomic E-state index is -4.64. The molecule has 0 radical (unpaired) electrons. The number of hydrogen-bond donors (Lipinski definition) is 2. The molecule has 4 nitrogen and oxygen atoms in total. The highest BCUT2D eigenvalue weighted by atomic mass is 32.1. The molecule has 3 N–H and O–H groups in total. The van der Waals surface area contributed by atoms with Crippen molar-refractivity contribution in [3.63, 3.8) is 0 Å². The summed E-state index contributed by atoms with van der Waals surface area (Å²) in [6.07, 6.45) is -4.64. The molecule has 0 aliphatic heterocycles. The maximum atomic E-state index is 12.6. The smallest absolute Gasteiger partial charge is 0.384 e. The van der Waals surface area contributed by atoms with E-state index in [9.17, 15) is 13.2 Å². The second kappa shape index (κ2) is 4.88. The molecule has 0 saturated heterocycles. The van der Waals surface area contributed by atoms with Crippen molar-refractivity contribution in [1.29, 1.82) is 0 Å². The van der Waals surface area contributed by atoms with Gasteiger partial charge in [-0.05, 0) is 35.0 Å². The lowest BCUT2D eigenvalue weighted by molar-refractivity contribution is -0.144. The molecule has 3 rings (SSSR count). The number of halogens is 3. The lowest BCUT2D eigenvalue weighted by atomic mass is 10.2. The highest BCUT2D eigenvalue weighted by Crippen LogP contribution is 2.29. The predicted molar refractivity (Wildman–Crippen MR) is 76.6 cm³/mol. The first kappa shape index (κ1) is 13.6. The molecule has 0 saturated carbocycles. The Labute approximate surface area is 121 Å². The van der Waals surface area contributed by atoms with Gasteiger partial charge < -0.3 is 11.1 Å². The van der Waals surface area contributed by atoms with E-state index in [1.54, 1.807) is 17.4 Å². The van der Waals surface area contributed by atoms with E-state index in [4.69, 9.17) is 5.73 Å². The molecule has 0 fully saturated rings. The lowest BCUT2D eigenvalue weighted by Crippen LogP contribution is -2.13. The highest BCUT2D eigenvalue weighted by Gasteiger charge is 2.35. The van der Waals surface area contributed by atoms with Crippen LogP contribution in [0.4, 0.5) is 30.5 Å². The molecule has 8 heteroatoms. The van der Waals surface area contributed by atoms with Gasteiger partial charge in [0, 0.05) is 16.5 Å². The second-order valence-electron chi connectivity index (χ2n) is 4.30. The Bertz CT molecular complexity index is 797. The van der Waals surface area contributed by atoms with Crippen LogP contribution in [0.25, 0.3) is 10.1 Å². The van der Waals surface area contributed by atoms with Crippen molar-refractivity contribution in [1.82, 2.24) is 9.97 Å². The molecule has 3 aromatic rings. The summed E-state index contributed by atoms with van der Waals surface area (Å²) in [7, 11) is 0. The quantitative estimate of drug-likeness (QED) is 0.750. The van der Waals surface area contributed by atoms with Gasteiger partial charge in [0.05, 0.1) is 0 Å². The summed E-state index contributed by atoms with van der Waals surface area (Å²) in [5.41, 5.74) is 6.03. The molecule has 21 heavy (non-hydrogen) atoms. The summed E-state index contributed by atoms with van der Waals surface area (Å²) < 4.78 is 39.0. The SMILES string of the molecule is Nc1cc(Nc2ccc3sccc3c2)nc(C(F)(F)F)n1. The fourth-order valence-electron chi connectivity index (χ4n) is 1.85. The summed E-state index contributed by atoms with van der Waals surface area (Å²) in [6, 6.07) is 8.67. The maximum absolute atomic E-state index is 12.6. The van der Waals surface area contributed by atoms with Crippen molar-refractivity contribution in [3.8, 4) is 0 Å². The standard InChI is InChI=1S/C13H9F3N4S/c14-13(15,16)12-19-10(17)6-11(20-12)18-8-1-2-9-7(5-8)3-4-21-9/h1-6H,(H3,17,18,19,20). The Morgan fingerprint density at radius 1 is 1.10 bits per heavy atom. The Balaban J connectivity index is 1.95. The molecule has 2 heterocycles. The van der Waals surface area contributed by atoms with Crippen molar-refractivity contribution < 1.29 is 13.2 Å². The third-order valence-electron chi connectivity index (χ3n) is 2.72. The zero-order chi connectivity index (χ0) is 15.0. The molecular weight excluding hydrogens is 301 g/mol. The van der Waals surface area contributed by atoms with Crippen molar-refractivity contribution in [3.05, 3.63) is 41.5 Å². The fraction of sp³-hybridized carbons (Fsp3) is 0.0769. The van der Waals surface area contributed by atoms with Gasteiger partial charge in [-0.2, -0.15) is 13.2 Å². The minimum Gasteiger partial charge on any atom is -0.384 e. The second-order valence-corrected chi connectivity index (χ2v) is 5.25. The number of nitrogens with one attached hydrogen (secondary N) is 1. The van der Waals surface area contributed by atoms with Gasteiger partial charge in [0.25, 0.3) is 0 Å². The molecule has 0 spiro atoms. The van der Waals surface area contributed by atoms with Gasteiger partial charge in [-0.3, -0.25) is 0 Å². The summed E-state index contributed by atoms with van der Waals surface area (Å²) in [5, 5.41) is 5.76. The molecule has 0 aliphatic rings. The van der Waals surface area contributed by atoms with Crippen molar-refractivity contribution in [2.24, 2.45) is 0 Å². The number of fused-ring (bicyclic) bond motifs is 1. The number of alkyl halides is 3.